The van der Waals surface area contributed by atoms with Gasteiger partial charge in [0.05, 0.1) is 11.7 Å². The van der Waals surface area contributed by atoms with Gasteiger partial charge in [0, 0.05) is 38.6 Å². The minimum Gasteiger partial charge on any atom is -0.351 e. The number of hydrogen-bond acceptors (Lipinski definition) is 7. The second-order valence-electron chi connectivity index (χ2n) is 3.75. The third kappa shape index (κ3) is 2.11. The maximum Gasteiger partial charge on any atom is 0.183 e. The molecule has 1 aliphatic rings. The van der Waals surface area contributed by atoms with Crippen LogP contribution < -0.4 is 10.2 Å². The maximum atomic E-state index is 4.36. The number of aromatic nitrogens is 4. The highest BCUT2D eigenvalue weighted by atomic mass is 32.1. The molecule has 88 valence electrons. The molecule has 0 saturated carbocycles. The molecule has 0 atom stereocenters. The second kappa shape index (κ2) is 4.72. The van der Waals surface area contributed by atoms with E-state index in [0.29, 0.717) is 5.82 Å². The van der Waals surface area contributed by atoms with Crippen molar-refractivity contribution in [3.63, 3.8) is 0 Å². The zero-order valence-corrected chi connectivity index (χ0v) is 10.0. The molecule has 1 fully saturated rings. The molecule has 0 amide bonds. The Morgan fingerprint density at radius 1 is 1.12 bits per heavy atom. The topological polar surface area (TPSA) is 66.8 Å². The van der Waals surface area contributed by atoms with E-state index in [9.17, 15) is 0 Å². The summed E-state index contributed by atoms with van der Waals surface area (Å²) in [5.74, 6) is 1.55. The molecule has 1 N–H and O–H groups in total. The van der Waals surface area contributed by atoms with E-state index in [2.05, 4.69) is 28.9 Å². The van der Waals surface area contributed by atoms with Gasteiger partial charge in [0.2, 0.25) is 0 Å². The Morgan fingerprint density at radius 3 is 2.65 bits per heavy atom. The fraction of sp³-hybridized carbons (Fsp3) is 0.400. The van der Waals surface area contributed by atoms with Gasteiger partial charge in [0.15, 0.2) is 17.3 Å². The van der Waals surface area contributed by atoms with Gasteiger partial charge in [-0.1, -0.05) is 0 Å². The standard InChI is InChI=1S/C10H12N6S/c1-2-12-9(13-3-1)8-10(15-17-14-8)16-6-4-11-5-7-16/h1-3,11H,4-7H2. The molecule has 1 aliphatic heterocycles. The molecule has 2 aromatic rings. The lowest BCUT2D eigenvalue weighted by molar-refractivity contribution is 0.586. The van der Waals surface area contributed by atoms with Crippen molar-refractivity contribution in [2.75, 3.05) is 31.1 Å². The van der Waals surface area contributed by atoms with Gasteiger partial charge >= 0.3 is 0 Å². The van der Waals surface area contributed by atoms with Crippen molar-refractivity contribution >= 4 is 17.5 Å². The number of rotatable bonds is 2. The van der Waals surface area contributed by atoms with Crippen LogP contribution in [0.25, 0.3) is 11.5 Å². The van der Waals surface area contributed by atoms with Crippen molar-refractivity contribution in [2.24, 2.45) is 0 Å². The average molecular weight is 248 g/mol. The second-order valence-corrected chi connectivity index (χ2v) is 4.27. The van der Waals surface area contributed by atoms with E-state index in [4.69, 9.17) is 0 Å². The van der Waals surface area contributed by atoms with Gasteiger partial charge in [-0.2, -0.15) is 8.75 Å². The van der Waals surface area contributed by atoms with Crippen LogP contribution in [0.15, 0.2) is 18.5 Å². The molecule has 3 heterocycles. The first-order chi connectivity index (χ1) is 8.45. The molecule has 1 saturated heterocycles. The van der Waals surface area contributed by atoms with Gasteiger partial charge in [-0.05, 0) is 6.07 Å². The van der Waals surface area contributed by atoms with Crippen molar-refractivity contribution < 1.29 is 0 Å². The quantitative estimate of drug-likeness (QED) is 0.830. The molecule has 17 heavy (non-hydrogen) atoms. The summed E-state index contributed by atoms with van der Waals surface area (Å²) in [6, 6.07) is 1.80. The molecule has 0 bridgehead atoms. The van der Waals surface area contributed by atoms with E-state index in [1.807, 2.05) is 0 Å². The van der Waals surface area contributed by atoms with E-state index >= 15 is 0 Å². The Bertz CT molecular complexity index is 479. The van der Waals surface area contributed by atoms with Gasteiger partial charge in [-0.3, -0.25) is 0 Å². The third-order valence-corrected chi connectivity index (χ3v) is 3.18. The number of nitrogens with one attached hydrogen (secondary N) is 1. The first kappa shape index (κ1) is 10.5. The lowest BCUT2D eigenvalue weighted by Crippen LogP contribution is -2.43. The minimum atomic E-state index is 0.648. The van der Waals surface area contributed by atoms with Crippen LogP contribution in [0.3, 0.4) is 0 Å². The summed E-state index contributed by atoms with van der Waals surface area (Å²) in [4.78, 5) is 10.7. The first-order valence-electron chi connectivity index (χ1n) is 5.51. The molecular weight excluding hydrogens is 236 g/mol. The monoisotopic (exact) mass is 248 g/mol. The van der Waals surface area contributed by atoms with Crippen molar-refractivity contribution in [3.8, 4) is 11.5 Å². The third-order valence-electron chi connectivity index (χ3n) is 2.67. The summed E-state index contributed by atoms with van der Waals surface area (Å²) in [6.07, 6.45) is 3.45. The Morgan fingerprint density at radius 2 is 1.88 bits per heavy atom. The van der Waals surface area contributed by atoms with Gasteiger partial charge in [-0.15, -0.1) is 0 Å². The van der Waals surface area contributed by atoms with Gasteiger partial charge in [0.25, 0.3) is 0 Å². The van der Waals surface area contributed by atoms with Crippen LogP contribution in [-0.4, -0.2) is 44.9 Å². The lowest BCUT2D eigenvalue weighted by Gasteiger charge is -2.27. The molecular formula is C10H12N6S. The van der Waals surface area contributed by atoms with Crippen LogP contribution >= 0.6 is 11.7 Å². The van der Waals surface area contributed by atoms with Crippen LogP contribution in [0.2, 0.25) is 0 Å². The molecule has 0 aromatic carbocycles. The van der Waals surface area contributed by atoms with Crippen LogP contribution in [0.4, 0.5) is 5.82 Å². The molecule has 3 rings (SSSR count). The SMILES string of the molecule is c1cnc(-c2nsnc2N2CCNCC2)nc1. The van der Waals surface area contributed by atoms with Crippen molar-refractivity contribution in [1.29, 1.82) is 0 Å². The highest BCUT2D eigenvalue weighted by Crippen LogP contribution is 2.25. The van der Waals surface area contributed by atoms with E-state index < -0.39 is 0 Å². The summed E-state index contributed by atoms with van der Waals surface area (Å²) in [7, 11) is 0. The summed E-state index contributed by atoms with van der Waals surface area (Å²) >= 11 is 1.21. The van der Waals surface area contributed by atoms with E-state index in [1.165, 1.54) is 11.7 Å². The fourth-order valence-electron chi connectivity index (χ4n) is 1.83. The predicted octanol–water partition coefficient (Wildman–Crippen LogP) is 0.405. The Labute approximate surface area is 103 Å². The van der Waals surface area contributed by atoms with Crippen LogP contribution in [0.5, 0.6) is 0 Å². The summed E-state index contributed by atoms with van der Waals surface area (Å²) < 4.78 is 8.67. The van der Waals surface area contributed by atoms with Gasteiger partial charge < -0.3 is 10.2 Å². The highest BCUT2D eigenvalue weighted by molar-refractivity contribution is 6.99. The highest BCUT2D eigenvalue weighted by Gasteiger charge is 2.20. The molecule has 2 aromatic heterocycles. The summed E-state index contributed by atoms with van der Waals surface area (Å²) in [5.41, 5.74) is 0.789. The average Bonchev–Trinajstić information content (AvgIpc) is 2.90. The lowest BCUT2D eigenvalue weighted by atomic mass is 10.3. The molecule has 6 nitrogen and oxygen atoms in total. The van der Waals surface area contributed by atoms with Crippen LogP contribution in [0.1, 0.15) is 0 Å². The summed E-state index contributed by atoms with van der Waals surface area (Å²) in [6.45, 7) is 3.86. The number of piperazine rings is 1. The molecule has 7 heteroatoms. The minimum absolute atomic E-state index is 0.648. The van der Waals surface area contributed by atoms with Crippen LogP contribution in [0, 0.1) is 0 Å². The fourth-order valence-corrected chi connectivity index (χ4v) is 2.40. The van der Waals surface area contributed by atoms with Crippen molar-refractivity contribution in [2.45, 2.75) is 0 Å². The maximum absolute atomic E-state index is 4.36. The zero-order chi connectivity index (χ0) is 11.5. The summed E-state index contributed by atoms with van der Waals surface area (Å²) in [5, 5.41) is 3.32. The molecule has 0 radical (unpaired) electrons. The first-order valence-corrected chi connectivity index (χ1v) is 6.24. The Kier molecular flexibility index (Phi) is 2.93. The van der Waals surface area contributed by atoms with E-state index in [1.54, 1.807) is 18.5 Å². The molecule has 0 unspecified atom stereocenters. The van der Waals surface area contributed by atoms with Crippen molar-refractivity contribution in [1.82, 2.24) is 24.0 Å². The number of anilines is 1. The smallest absolute Gasteiger partial charge is 0.183 e. The number of nitrogens with zero attached hydrogens (tertiary/aromatic N) is 5. The largest absolute Gasteiger partial charge is 0.351 e. The normalized spacial score (nSPS) is 16.1. The molecule has 0 spiro atoms. The van der Waals surface area contributed by atoms with Crippen molar-refractivity contribution in [3.05, 3.63) is 18.5 Å². The predicted molar refractivity (Wildman–Crippen MR) is 66.0 cm³/mol. The molecule has 0 aliphatic carbocycles. The zero-order valence-electron chi connectivity index (χ0n) is 9.20. The van der Waals surface area contributed by atoms with Crippen LogP contribution in [-0.2, 0) is 0 Å². The Hall–Kier alpha value is -1.60. The Balaban J connectivity index is 1.93. The van der Waals surface area contributed by atoms with Gasteiger partial charge in [0.1, 0.15) is 0 Å². The van der Waals surface area contributed by atoms with E-state index in [-0.39, 0.29) is 0 Å². The number of hydrogen-bond donors (Lipinski definition) is 1. The van der Waals surface area contributed by atoms with E-state index in [0.717, 1.165) is 37.7 Å². The van der Waals surface area contributed by atoms with Gasteiger partial charge in [-0.25, -0.2) is 9.97 Å².